The van der Waals surface area contributed by atoms with Crippen molar-refractivity contribution in [2.24, 2.45) is 0 Å². The number of hydrogen-bond donors (Lipinski definition) is 0. The largest absolute Gasteiger partial charge is 0.466 e. The van der Waals surface area contributed by atoms with Gasteiger partial charge in [-0.1, -0.05) is 309 Å². The first-order valence-electron chi connectivity index (χ1n) is 40.8. The van der Waals surface area contributed by atoms with Crippen molar-refractivity contribution in [3.8, 4) is 97.3 Å². The fourth-order valence-corrected chi connectivity index (χ4v) is 17.3. The molecule has 25 aromatic rings. The Bertz CT molecular complexity index is 8690. The summed E-state index contributed by atoms with van der Waals surface area (Å²) in [5.74, 6) is 4.77. The lowest BCUT2D eigenvalue weighted by atomic mass is 10.0. The zero-order chi connectivity index (χ0) is 83.9. The fraction of sp³-hybridized carbons (Fsp3) is 0. The molecule has 16 aromatic carbocycles. The van der Waals surface area contributed by atoms with Crippen molar-refractivity contribution < 1.29 is 13.3 Å². The quantitative estimate of drug-likeness (QED) is 0.118. The summed E-state index contributed by atoms with van der Waals surface area (Å²) in [7, 11) is 0. The van der Waals surface area contributed by atoms with Crippen LogP contribution in [0.5, 0.6) is 0 Å². The van der Waals surface area contributed by atoms with Crippen LogP contribution < -0.4 is 0 Å². The number of aromatic nitrogens is 12. The summed E-state index contributed by atoms with van der Waals surface area (Å²) in [4.78, 5) is 56.2. The highest BCUT2D eigenvalue weighted by Gasteiger charge is 2.27. The van der Waals surface area contributed by atoms with Gasteiger partial charge in [-0.15, -0.1) is 0 Å². The van der Waals surface area contributed by atoms with E-state index in [4.69, 9.17) is 77.8 Å². The van der Waals surface area contributed by atoms with Crippen molar-refractivity contribution in [1.82, 2.24) is 58.6 Å². The van der Waals surface area contributed by atoms with Gasteiger partial charge in [0.25, 0.3) is 0 Å². The Balaban J connectivity index is 0.000000109. The van der Waals surface area contributed by atoms with Crippen LogP contribution in [-0.2, 0) is 0 Å². The third-order valence-electron chi connectivity index (χ3n) is 23.1. The molecule has 0 aliphatic rings. The summed E-state index contributed by atoms with van der Waals surface area (Å²) >= 11 is 0. The van der Waals surface area contributed by atoms with Crippen LogP contribution in [0.1, 0.15) is 0 Å². The summed E-state index contributed by atoms with van der Waals surface area (Å²) in [6.07, 6.45) is 0. The fourth-order valence-electron chi connectivity index (χ4n) is 17.3. The van der Waals surface area contributed by atoms with E-state index in [2.05, 4.69) is 162 Å². The molecule has 0 saturated heterocycles. The maximum atomic E-state index is 7.68. The van der Waals surface area contributed by atoms with Crippen LogP contribution in [0.3, 0.4) is 0 Å². The van der Waals surface area contributed by atoms with E-state index in [0.29, 0.717) is 103 Å². The van der Waals surface area contributed by atoms with Crippen LogP contribution in [0.4, 0.5) is 17.1 Å². The zero-order valence-corrected chi connectivity index (χ0v) is 66.7. The monoisotopic (exact) mass is 1620 g/mol. The molecule has 0 N–H and O–H groups in total. The van der Waals surface area contributed by atoms with Crippen molar-refractivity contribution in [2.45, 2.75) is 0 Å². The first-order valence-corrected chi connectivity index (χ1v) is 40.8. The van der Waals surface area contributed by atoms with E-state index in [1.165, 1.54) is 0 Å². The molecule has 0 atom stereocenters. The van der Waals surface area contributed by atoms with E-state index in [0.717, 1.165) is 142 Å². The third kappa shape index (κ3) is 12.4. The summed E-state index contributed by atoms with van der Waals surface area (Å²) in [5.41, 5.74) is 18.5. The summed E-state index contributed by atoms with van der Waals surface area (Å²) < 4.78 is 25.4. The highest BCUT2D eigenvalue weighted by atomic mass is 16.3. The minimum absolute atomic E-state index is 0.473. The Labute approximate surface area is 717 Å². The maximum absolute atomic E-state index is 7.68. The standard InChI is InChI=1S/C40H23N5O.2C34H19N5O/c1-41-33-18-10-16-31-30-15-9-17-32(36(30)46-37(31)33)39-42-38(27-23-21-26(22-24-27)25-11-3-2-4-12-25)43-40(44-39)45-34-19-7-5-13-28(34)29-14-6-8-20-35(29)45;1-35-27-18-10-16-25-24-15-9-17-26(30(24)40-31(25)27)33-36-32(21-11-3-2-4-12-21)37-34(38-33)39-28-19-7-5-13-22(28)23-14-6-8-20-29(23)39;1-35-22-18-19-25-26-14-9-15-27(31(26)40-30(25)20-22)33-36-32(21-10-3-2-4-11-21)37-34(38-33)39-28-16-7-5-12-23(28)24-13-6-8-17-29(24)39/h2-24H;2*2-20H. The van der Waals surface area contributed by atoms with Crippen LogP contribution in [0.15, 0.2) is 383 Å². The number of para-hydroxylation sites is 11. The molecule has 18 nitrogen and oxygen atoms in total. The van der Waals surface area contributed by atoms with Crippen molar-refractivity contribution in [2.75, 3.05) is 0 Å². The summed E-state index contributed by atoms with van der Waals surface area (Å²) in [5, 5.41) is 12.3. The molecule has 0 bridgehead atoms. The maximum Gasteiger partial charge on any atom is 0.238 e. The third-order valence-corrected chi connectivity index (χ3v) is 23.1. The van der Waals surface area contributed by atoms with Crippen LogP contribution >= 0.6 is 0 Å². The molecule has 0 amide bonds. The van der Waals surface area contributed by atoms with Gasteiger partial charge in [0.05, 0.1) is 69.5 Å². The average molecular weight is 1620 g/mol. The first-order chi connectivity index (χ1) is 62.3. The van der Waals surface area contributed by atoms with Crippen molar-refractivity contribution in [3.05, 3.63) is 404 Å². The Hall–Kier alpha value is -18.2. The van der Waals surface area contributed by atoms with Gasteiger partial charge in [0, 0.05) is 81.3 Å². The van der Waals surface area contributed by atoms with Crippen LogP contribution in [0.2, 0.25) is 0 Å². The molecule has 0 aliphatic carbocycles. The minimum Gasteiger partial charge on any atom is -0.466 e. The van der Waals surface area contributed by atoms with E-state index in [1.54, 1.807) is 18.2 Å². The number of fused-ring (bicyclic) bond motifs is 18. The smallest absolute Gasteiger partial charge is 0.238 e. The Morgan fingerprint density at radius 3 is 0.817 bits per heavy atom. The van der Waals surface area contributed by atoms with Gasteiger partial charge in [-0.2, -0.15) is 29.9 Å². The van der Waals surface area contributed by atoms with Crippen molar-refractivity contribution >= 4 is 148 Å². The molecule has 18 heteroatoms. The number of nitrogens with zero attached hydrogens (tertiary/aromatic N) is 15. The predicted molar refractivity (Wildman–Crippen MR) is 501 cm³/mol. The lowest BCUT2D eigenvalue weighted by molar-refractivity contribution is 0.669. The Morgan fingerprint density at radius 1 is 0.198 bits per heavy atom. The van der Waals surface area contributed by atoms with Crippen LogP contribution in [0.25, 0.3) is 243 Å². The van der Waals surface area contributed by atoms with Gasteiger partial charge in [-0.3, -0.25) is 13.7 Å². The highest BCUT2D eigenvalue weighted by molar-refractivity contribution is 6.16. The van der Waals surface area contributed by atoms with E-state index in [9.17, 15) is 0 Å². The lowest BCUT2D eigenvalue weighted by Crippen LogP contribution is -2.06. The number of rotatable bonds is 10. The molecular weight excluding hydrogens is 1560 g/mol. The second kappa shape index (κ2) is 30.3. The van der Waals surface area contributed by atoms with Gasteiger partial charge in [-0.05, 0) is 71.8 Å². The normalized spacial score (nSPS) is 11.5. The molecule has 0 fully saturated rings. The predicted octanol–water partition coefficient (Wildman–Crippen LogP) is 27.9. The zero-order valence-electron chi connectivity index (χ0n) is 66.7. The van der Waals surface area contributed by atoms with Crippen LogP contribution in [-0.4, -0.2) is 58.6 Å². The van der Waals surface area contributed by atoms with E-state index < -0.39 is 0 Å². The van der Waals surface area contributed by atoms with E-state index in [-0.39, 0.29) is 0 Å². The van der Waals surface area contributed by atoms with Crippen molar-refractivity contribution in [3.63, 3.8) is 0 Å². The molecule has 0 saturated carbocycles. The minimum atomic E-state index is 0.473. The van der Waals surface area contributed by atoms with E-state index >= 15 is 0 Å². The first kappa shape index (κ1) is 73.0. The van der Waals surface area contributed by atoms with E-state index in [1.807, 2.05) is 218 Å². The van der Waals surface area contributed by atoms with Gasteiger partial charge in [0.2, 0.25) is 29.2 Å². The average Bonchev–Trinajstić information content (AvgIpc) is 1.59. The second-order valence-electron chi connectivity index (χ2n) is 30.3. The summed E-state index contributed by atoms with van der Waals surface area (Å²) in [6, 6.07) is 123. The molecule has 0 aliphatic heterocycles. The highest BCUT2D eigenvalue weighted by Crippen LogP contribution is 2.45. The van der Waals surface area contributed by atoms with Crippen LogP contribution in [0, 0.1) is 19.7 Å². The molecular formula is C108H61N15O3. The molecule has 586 valence electrons. The Morgan fingerprint density at radius 2 is 0.468 bits per heavy atom. The SMILES string of the molecule is [C-]#[N+]c1ccc2c(c1)oc1c(-c3nc(-c4ccccc4)nc(-n4c5ccccc5c5ccccc54)n3)cccc12.[C-]#[N+]c1cccc2c1oc1c(-c3nc(-c4ccc(-c5ccccc5)cc4)nc(-n4c5ccccc5c5ccccc54)n3)cccc12.[C-]#[N+]c1cccc2c1oc1c(-c3nc(-c4ccccc4)nc(-n4c5ccccc5c5ccccc54)n3)cccc12. The lowest BCUT2D eigenvalue weighted by Gasteiger charge is -2.11. The molecule has 126 heavy (non-hydrogen) atoms. The van der Waals surface area contributed by atoms with Gasteiger partial charge in [0.1, 0.15) is 33.5 Å². The van der Waals surface area contributed by atoms with Gasteiger partial charge < -0.3 is 13.3 Å². The molecule has 0 spiro atoms. The molecule has 9 heterocycles. The van der Waals surface area contributed by atoms with Gasteiger partial charge in [0.15, 0.2) is 40.6 Å². The number of furan rings is 3. The molecule has 0 unspecified atom stereocenters. The number of hydrogen-bond acceptors (Lipinski definition) is 12. The van der Waals surface area contributed by atoms with Gasteiger partial charge >= 0.3 is 0 Å². The van der Waals surface area contributed by atoms with Crippen molar-refractivity contribution in [1.29, 1.82) is 0 Å². The molecule has 9 aromatic heterocycles. The van der Waals surface area contributed by atoms with Gasteiger partial charge in [-0.25, -0.2) is 29.5 Å². The molecule has 25 rings (SSSR count). The second-order valence-corrected chi connectivity index (χ2v) is 30.3. The summed E-state index contributed by atoms with van der Waals surface area (Å²) in [6.45, 7) is 22.7. The molecule has 0 radical (unpaired) electrons. The number of benzene rings is 16. The Kier molecular flexibility index (Phi) is 17.5. The topological polar surface area (TPSA) is 183 Å².